The van der Waals surface area contributed by atoms with Gasteiger partial charge in [-0.25, -0.2) is 0 Å². The number of rotatable bonds is 6. The third-order valence-corrected chi connectivity index (χ3v) is 4.26. The summed E-state index contributed by atoms with van der Waals surface area (Å²) in [5.74, 6) is 0.899. The van der Waals surface area contributed by atoms with Gasteiger partial charge in [0.1, 0.15) is 5.75 Å². The Balaban J connectivity index is 1.74. The van der Waals surface area contributed by atoms with Gasteiger partial charge in [0, 0.05) is 6.54 Å². The van der Waals surface area contributed by atoms with Crippen LogP contribution < -0.4 is 10.1 Å². The first kappa shape index (κ1) is 15.8. The highest BCUT2D eigenvalue weighted by molar-refractivity contribution is 5.96. The molecule has 21 heavy (non-hydrogen) atoms. The number of ether oxygens (including phenoxy) is 1. The van der Waals surface area contributed by atoms with E-state index >= 15 is 0 Å². The molecule has 1 aliphatic carbocycles. The molecule has 0 aliphatic heterocycles. The van der Waals surface area contributed by atoms with Crippen molar-refractivity contribution >= 4 is 5.91 Å². The largest absolute Gasteiger partial charge is 0.496 e. The minimum absolute atomic E-state index is 0.100. The van der Waals surface area contributed by atoms with Crippen molar-refractivity contribution < 1.29 is 14.6 Å². The van der Waals surface area contributed by atoms with Gasteiger partial charge in [-0.15, -0.1) is 0 Å². The van der Waals surface area contributed by atoms with Gasteiger partial charge in [-0.2, -0.15) is 0 Å². The van der Waals surface area contributed by atoms with Crippen LogP contribution in [0, 0.1) is 5.92 Å². The van der Waals surface area contributed by atoms with Gasteiger partial charge in [0.05, 0.1) is 18.8 Å². The Labute approximate surface area is 126 Å². The van der Waals surface area contributed by atoms with Crippen LogP contribution in [-0.4, -0.2) is 30.8 Å². The minimum atomic E-state index is -0.149. The van der Waals surface area contributed by atoms with Crippen LogP contribution in [0.2, 0.25) is 0 Å². The smallest absolute Gasteiger partial charge is 0.255 e. The van der Waals surface area contributed by atoms with Crippen LogP contribution in [0.4, 0.5) is 0 Å². The summed E-state index contributed by atoms with van der Waals surface area (Å²) in [6.07, 6.45) is 6.14. The highest BCUT2D eigenvalue weighted by Crippen LogP contribution is 2.27. The van der Waals surface area contributed by atoms with Crippen molar-refractivity contribution in [3.63, 3.8) is 0 Å². The van der Waals surface area contributed by atoms with Gasteiger partial charge in [0.15, 0.2) is 0 Å². The number of aliphatic hydroxyl groups is 1. The zero-order valence-electron chi connectivity index (χ0n) is 12.7. The minimum Gasteiger partial charge on any atom is -0.496 e. The van der Waals surface area contributed by atoms with Crippen LogP contribution in [0.25, 0.3) is 0 Å². The fourth-order valence-electron chi connectivity index (χ4n) is 3.02. The van der Waals surface area contributed by atoms with Crippen LogP contribution in [0.1, 0.15) is 48.9 Å². The Morgan fingerprint density at radius 1 is 1.33 bits per heavy atom. The lowest BCUT2D eigenvalue weighted by Crippen LogP contribution is -2.28. The Morgan fingerprint density at radius 2 is 2.10 bits per heavy atom. The predicted octanol–water partition coefficient (Wildman–Crippen LogP) is 2.76. The number of nitrogens with one attached hydrogen (secondary N) is 1. The van der Waals surface area contributed by atoms with Gasteiger partial charge in [-0.05, 0) is 43.7 Å². The summed E-state index contributed by atoms with van der Waals surface area (Å²) in [4.78, 5) is 12.1. The summed E-state index contributed by atoms with van der Waals surface area (Å²) in [5, 5.41) is 12.8. The normalized spacial score (nSPS) is 21.8. The summed E-state index contributed by atoms with van der Waals surface area (Å²) in [6.45, 7) is 0.639. The third kappa shape index (κ3) is 4.46. The van der Waals surface area contributed by atoms with E-state index in [0.29, 0.717) is 23.8 Å². The molecule has 1 aromatic carbocycles. The highest BCUT2D eigenvalue weighted by atomic mass is 16.5. The molecule has 1 aliphatic rings. The predicted molar refractivity (Wildman–Crippen MR) is 82.5 cm³/mol. The molecule has 2 rings (SSSR count). The summed E-state index contributed by atoms with van der Waals surface area (Å²) in [7, 11) is 1.57. The second kappa shape index (κ2) is 8.03. The molecule has 2 atom stereocenters. The van der Waals surface area contributed by atoms with Crippen molar-refractivity contribution in [2.45, 2.75) is 44.6 Å². The quantitative estimate of drug-likeness (QED) is 0.792. The average molecular weight is 291 g/mol. The summed E-state index contributed by atoms with van der Waals surface area (Å²) >= 11 is 0. The topological polar surface area (TPSA) is 58.6 Å². The first-order chi connectivity index (χ1) is 10.2. The van der Waals surface area contributed by atoms with Crippen LogP contribution in [0.5, 0.6) is 5.75 Å². The molecule has 1 saturated carbocycles. The molecule has 4 nitrogen and oxygen atoms in total. The molecule has 1 fully saturated rings. The van der Waals surface area contributed by atoms with E-state index in [9.17, 15) is 9.90 Å². The Bertz CT molecular complexity index is 461. The van der Waals surface area contributed by atoms with Gasteiger partial charge in [-0.3, -0.25) is 4.79 Å². The first-order valence-corrected chi connectivity index (χ1v) is 7.81. The molecule has 0 saturated heterocycles. The number of amides is 1. The van der Waals surface area contributed by atoms with Gasteiger partial charge in [0.25, 0.3) is 5.91 Å². The van der Waals surface area contributed by atoms with Crippen LogP contribution in [0.15, 0.2) is 24.3 Å². The van der Waals surface area contributed by atoms with Gasteiger partial charge >= 0.3 is 0 Å². The van der Waals surface area contributed by atoms with Crippen molar-refractivity contribution in [3.8, 4) is 5.75 Å². The Hall–Kier alpha value is -1.55. The Morgan fingerprint density at radius 3 is 2.86 bits per heavy atom. The van der Waals surface area contributed by atoms with E-state index < -0.39 is 0 Å². The van der Waals surface area contributed by atoms with Gasteiger partial charge < -0.3 is 15.2 Å². The standard InChI is InChI=1S/C17H25NO3/c1-21-16-11-5-3-9-14(16)17(20)18-12-6-8-13-7-2-4-10-15(13)19/h3,5,9,11,13,15,19H,2,4,6-8,10,12H2,1H3,(H,18,20). The summed E-state index contributed by atoms with van der Waals surface area (Å²) in [6, 6.07) is 7.22. The molecule has 0 bridgehead atoms. The molecule has 4 heteroatoms. The number of methoxy groups -OCH3 is 1. The van der Waals surface area contributed by atoms with E-state index in [1.165, 1.54) is 6.42 Å². The molecule has 0 heterocycles. The van der Waals surface area contributed by atoms with Crippen LogP contribution in [0.3, 0.4) is 0 Å². The molecule has 1 amide bonds. The number of para-hydroxylation sites is 1. The average Bonchev–Trinajstić information content (AvgIpc) is 2.52. The van der Waals surface area contributed by atoms with Crippen LogP contribution >= 0.6 is 0 Å². The maximum absolute atomic E-state index is 12.1. The van der Waals surface area contributed by atoms with E-state index in [4.69, 9.17) is 4.74 Å². The van der Waals surface area contributed by atoms with Crippen molar-refractivity contribution in [1.82, 2.24) is 5.32 Å². The van der Waals surface area contributed by atoms with E-state index in [1.807, 2.05) is 12.1 Å². The van der Waals surface area contributed by atoms with E-state index in [0.717, 1.165) is 32.1 Å². The SMILES string of the molecule is COc1ccccc1C(=O)NCCCC1CCCCC1O. The highest BCUT2D eigenvalue weighted by Gasteiger charge is 2.22. The number of carbonyl (C=O) groups is 1. The fraction of sp³-hybridized carbons (Fsp3) is 0.588. The maximum Gasteiger partial charge on any atom is 0.255 e. The van der Waals surface area contributed by atoms with Crippen molar-refractivity contribution in [2.24, 2.45) is 5.92 Å². The lowest BCUT2D eigenvalue weighted by molar-refractivity contribution is 0.0641. The second-order valence-corrected chi connectivity index (χ2v) is 5.71. The molecule has 116 valence electrons. The lowest BCUT2D eigenvalue weighted by atomic mass is 9.83. The second-order valence-electron chi connectivity index (χ2n) is 5.71. The van der Waals surface area contributed by atoms with Crippen molar-refractivity contribution in [2.75, 3.05) is 13.7 Å². The fourth-order valence-corrected chi connectivity index (χ4v) is 3.02. The zero-order chi connectivity index (χ0) is 15.1. The lowest BCUT2D eigenvalue weighted by Gasteiger charge is -2.27. The molecule has 2 N–H and O–H groups in total. The monoisotopic (exact) mass is 291 g/mol. The molecular formula is C17H25NO3. The number of carbonyl (C=O) groups excluding carboxylic acids is 1. The number of benzene rings is 1. The zero-order valence-corrected chi connectivity index (χ0v) is 12.7. The van der Waals surface area contributed by atoms with E-state index in [1.54, 1.807) is 19.2 Å². The van der Waals surface area contributed by atoms with Crippen LogP contribution in [-0.2, 0) is 0 Å². The molecule has 1 aromatic rings. The van der Waals surface area contributed by atoms with E-state index in [2.05, 4.69) is 5.32 Å². The molecule has 2 unspecified atom stereocenters. The summed E-state index contributed by atoms with van der Waals surface area (Å²) < 4.78 is 5.19. The number of aliphatic hydroxyl groups excluding tert-OH is 1. The number of hydrogen-bond donors (Lipinski definition) is 2. The maximum atomic E-state index is 12.1. The molecule has 0 radical (unpaired) electrons. The molecule has 0 aromatic heterocycles. The first-order valence-electron chi connectivity index (χ1n) is 7.81. The number of hydrogen-bond acceptors (Lipinski definition) is 3. The third-order valence-electron chi connectivity index (χ3n) is 4.26. The van der Waals surface area contributed by atoms with Crippen molar-refractivity contribution in [1.29, 1.82) is 0 Å². The molecule has 0 spiro atoms. The summed E-state index contributed by atoms with van der Waals surface area (Å²) in [5.41, 5.74) is 0.567. The van der Waals surface area contributed by atoms with E-state index in [-0.39, 0.29) is 12.0 Å². The van der Waals surface area contributed by atoms with Gasteiger partial charge in [0.2, 0.25) is 0 Å². The van der Waals surface area contributed by atoms with Crippen molar-refractivity contribution in [3.05, 3.63) is 29.8 Å². The Kier molecular flexibility index (Phi) is 6.05. The molecular weight excluding hydrogens is 266 g/mol. The van der Waals surface area contributed by atoms with Gasteiger partial charge in [-0.1, -0.05) is 25.0 Å².